The number of hydrogen-bond donors (Lipinski definition) is 2. The number of oxime groups is 1. The van der Waals surface area contributed by atoms with Gasteiger partial charge in [-0.1, -0.05) is 96.2 Å². The van der Waals surface area contributed by atoms with Gasteiger partial charge < -0.3 is 10.2 Å². The highest BCUT2D eigenvalue weighted by Crippen LogP contribution is 2.60. The SMILES string of the molecule is O=C1ON=C(c2ccccc2)[C@@]12[C@@H](c1ccccc1)c1c(ccc3cn[nH]c13)N[C@H]2c1ccccc1. The number of anilines is 1. The molecule has 0 radical (unpaired) electrons. The molecule has 0 aliphatic carbocycles. The van der Waals surface area contributed by atoms with Gasteiger partial charge in [0.25, 0.3) is 0 Å². The van der Waals surface area contributed by atoms with E-state index in [-0.39, 0.29) is 5.97 Å². The van der Waals surface area contributed by atoms with Crippen molar-refractivity contribution in [2.75, 3.05) is 5.32 Å². The number of hydrogen-bond acceptors (Lipinski definition) is 5. The summed E-state index contributed by atoms with van der Waals surface area (Å²) < 4.78 is 0. The Bertz CT molecular complexity index is 1610. The van der Waals surface area contributed by atoms with E-state index in [4.69, 9.17) is 4.84 Å². The van der Waals surface area contributed by atoms with Crippen molar-refractivity contribution in [2.24, 2.45) is 10.6 Å². The Balaban J connectivity index is 1.62. The molecule has 0 unspecified atom stereocenters. The van der Waals surface area contributed by atoms with Gasteiger partial charge in [0.05, 0.1) is 17.8 Å². The van der Waals surface area contributed by atoms with Crippen LogP contribution in [0.15, 0.2) is 114 Å². The fourth-order valence-electron chi connectivity index (χ4n) is 5.92. The van der Waals surface area contributed by atoms with Crippen molar-refractivity contribution in [1.29, 1.82) is 0 Å². The Morgan fingerprint density at radius 2 is 1.44 bits per heavy atom. The van der Waals surface area contributed by atoms with Gasteiger partial charge in [0.1, 0.15) is 5.71 Å². The van der Waals surface area contributed by atoms with Crippen LogP contribution in [0.5, 0.6) is 0 Å². The lowest BCUT2D eigenvalue weighted by Crippen LogP contribution is -2.52. The molecular weight excluding hydrogens is 448 g/mol. The number of aromatic nitrogens is 2. The highest BCUT2D eigenvalue weighted by molar-refractivity contribution is 6.20. The lowest BCUT2D eigenvalue weighted by Gasteiger charge is -2.47. The number of nitrogens with zero attached hydrogens (tertiary/aromatic N) is 2. The second-order valence-corrected chi connectivity index (χ2v) is 9.25. The molecule has 0 amide bonds. The van der Waals surface area contributed by atoms with Crippen molar-refractivity contribution in [3.63, 3.8) is 0 Å². The summed E-state index contributed by atoms with van der Waals surface area (Å²) in [5.74, 6) is -0.767. The lowest BCUT2D eigenvalue weighted by atomic mass is 9.57. The van der Waals surface area contributed by atoms with Gasteiger partial charge in [-0.25, -0.2) is 4.79 Å². The average Bonchev–Trinajstić information content (AvgIpc) is 3.55. The molecule has 2 aliphatic rings. The summed E-state index contributed by atoms with van der Waals surface area (Å²) in [6.45, 7) is 0. The van der Waals surface area contributed by atoms with Crippen LogP contribution < -0.4 is 5.32 Å². The second kappa shape index (κ2) is 7.92. The Morgan fingerprint density at radius 3 is 2.17 bits per heavy atom. The molecule has 6 heteroatoms. The van der Waals surface area contributed by atoms with E-state index in [1.54, 1.807) is 0 Å². The van der Waals surface area contributed by atoms with Crippen LogP contribution >= 0.6 is 0 Å². The van der Waals surface area contributed by atoms with Gasteiger partial charge in [0, 0.05) is 28.1 Å². The van der Waals surface area contributed by atoms with Crippen LogP contribution in [-0.2, 0) is 9.63 Å². The largest absolute Gasteiger partial charge is 0.376 e. The highest BCUT2D eigenvalue weighted by atomic mass is 16.7. The lowest BCUT2D eigenvalue weighted by molar-refractivity contribution is -0.149. The molecule has 0 bridgehead atoms. The van der Waals surface area contributed by atoms with Gasteiger partial charge in [-0.3, -0.25) is 5.10 Å². The standard InChI is InChI=1S/C30H22N4O2/c35-29-30(28(34-36-29)21-14-8-3-9-15-21)25(19-10-4-1-5-11-19)24-23(17-16-22-18-31-33-26(22)24)32-27(30)20-12-6-2-7-13-20/h1-18,25,27,32H,(H,31,33)/t25-,27-,30-/m0/s1. The molecular formula is C30H22N4O2. The number of aromatic amines is 1. The fraction of sp³-hybridized carbons (Fsp3) is 0.100. The van der Waals surface area contributed by atoms with Crippen LogP contribution in [0.25, 0.3) is 10.9 Å². The molecule has 4 aromatic carbocycles. The molecule has 174 valence electrons. The zero-order valence-corrected chi connectivity index (χ0v) is 19.3. The molecule has 0 saturated carbocycles. The normalized spacial score (nSPS) is 22.7. The number of rotatable bonds is 3. The van der Waals surface area contributed by atoms with Gasteiger partial charge in [0.2, 0.25) is 0 Å². The quantitative estimate of drug-likeness (QED) is 0.326. The Labute approximate surface area is 207 Å². The third-order valence-electron chi connectivity index (χ3n) is 7.42. The van der Waals surface area contributed by atoms with Crippen LogP contribution in [0.3, 0.4) is 0 Å². The van der Waals surface area contributed by atoms with Gasteiger partial charge in [-0.15, -0.1) is 0 Å². The molecule has 7 rings (SSSR count). The van der Waals surface area contributed by atoms with Gasteiger partial charge in [0.15, 0.2) is 5.41 Å². The van der Waals surface area contributed by atoms with Crippen molar-refractivity contribution in [3.8, 4) is 0 Å². The number of nitrogens with one attached hydrogen (secondary N) is 2. The number of H-pyrrole nitrogens is 1. The summed E-state index contributed by atoms with van der Waals surface area (Å²) in [5, 5.41) is 16.7. The third kappa shape index (κ3) is 2.81. The Morgan fingerprint density at radius 1 is 0.778 bits per heavy atom. The molecule has 0 fully saturated rings. The van der Waals surface area contributed by atoms with Crippen molar-refractivity contribution in [1.82, 2.24) is 10.2 Å². The highest BCUT2D eigenvalue weighted by Gasteiger charge is 2.64. The smallest absolute Gasteiger partial charge is 0.350 e. The monoisotopic (exact) mass is 470 g/mol. The minimum Gasteiger partial charge on any atom is -0.376 e. The summed E-state index contributed by atoms with van der Waals surface area (Å²) in [6.07, 6.45) is 1.81. The van der Waals surface area contributed by atoms with E-state index < -0.39 is 17.4 Å². The van der Waals surface area contributed by atoms with E-state index in [2.05, 4.69) is 51.0 Å². The van der Waals surface area contributed by atoms with Crippen molar-refractivity contribution < 1.29 is 9.63 Å². The van der Waals surface area contributed by atoms with E-state index >= 15 is 0 Å². The molecule has 36 heavy (non-hydrogen) atoms. The van der Waals surface area contributed by atoms with Crippen LogP contribution in [0.2, 0.25) is 0 Å². The average molecular weight is 471 g/mol. The first-order valence-corrected chi connectivity index (χ1v) is 12.0. The van der Waals surface area contributed by atoms with Gasteiger partial charge in [-0.05, 0) is 23.3 Å². The molecule has 5 aromatic rings. The predicted octanol–water partition coefficient (Wildman–Crippen LogP) is 5.81. The summed E-state index contributed by atoms with van der Waals surface area (Å²) in [7, 11) is 0. The maximum Gasteiger partial charge on any atom is 0.350 e. The van der Waals surface area contributed by atoms with Crippen molar-refractivity contribution >= 4 is 28.3 Å². The molecule has 2 aliphatic heterocycles. The first kappa shape index (κ1) is 20.6. The molecule has 3 heterocycles. The molecule has 6 nitrogen and oxygen atoms in total. The maximum absolute atomic E-state index is 14.2. The Kier molecular flexibility index (Phi) is 4.54. The van der Waals surface area contributed by atoms with Gasteiger partial charge >= 0.3 is 5.97 Å². The van der Waals surface area contributed by atoms with Crippen molar-refractivity contribution in [2.45, 2.75) is 12.0 Å². The number of carbonyl (C=O) groups is 1. The molecule has 1 spiro atoms. The van der Waals surface area contributed by atoms with E-state index in [1.807, 2.05) is 79.0 Å². The fourth-order valence-corrected chi connectivity index (χ4v) is 5.92. The summed E-state index contributed by atoms with van der Waals surface area (Å²) in [5.41, 5.74) is 5.11. The Hall–Kier alpha value is -4.71. The molecule has 0 saturated heterocycles. The first-order chi connectivity index (χ1) is 17.8. The summed E-state index contributed by atoms with van der Waals surface area (Å²) in [6, 6.07) is 33.8. The number of benzene rings is 4. The summed E-state index contributed by atoms with van der Waals surface area (Å²) >= 11 is 0. The van der Waals surface area contributed by atoms with Crippen LogP contribution in [-0.4, -0.2) is 21.9 Å². The van der Waals surface area contributed by atoms with E-state index in [9.17, 15) is 4.79 Å². The zero-order valence-electron chi connectivity index (χ0n) is 19.3. The van der Waals surface area contributed by atoms with E-state index in [1.165, 1.54) is 0 Å². The predicted molar refractivity (Wildman–Crippen MR) is 139 cm³/mol. The molecule has 1 aromatic heterocycles. The van der Waals surface area contributed by atoms with Gasteiger partial charge in [-0.2, -0.15) is 5.10 Å². The first-order valence-electron chi connectivity index (χ1n) is 12.0. The second-order valence-electron chi connectivity index (χ2n) is 9.25. The maximum atomic E-state index is 14.2. The van der Waals surface area contributed by atoms with Crippen LogP contribution in [0, 0.1) is 5.41 Å². The summed E-state index contributed by atoms with van der Waals surface area (Å²) in [4.78, 5) is 19.8. The number of fused-ring (bicyclic) bond motifs is 3. The van der Waals surface area contributed by atoms with Crippen molar-refractivity contribution in [3.05, 3.63) is 132 Å². The topological polar surface area (TPSA) is 79.4 Å². The minimum atomic E-state index is -1.17. The zero-order chi connectivity index (χ0) is 24.1. The third-order valence-corrected chi connectivity index (χ3v) is 7.42. The van der Waals surface area contributed by atoms with E-state index in [0.29, 0.717) is 5.71 Å². The van der Waals surface area contributed by atoms with E-state index in [0.717, 1.165) is 38.8 Å². The minimum absolute atomic E-state index is 0.376. The molecule has 3 atom stereocenters. The van der Waals surface area contributed by atoms with Crippen LogP contribution in [0.1, 0.15) is 34.2 Å². The molecule has 2 N–H and O–H groups in total. The number of carbonyl (C=O) groups excluding carboxylic acids is 1. The van der Waals surface area contributed by atoms with Crippen LogP contribution in [0.4, 0.5) is 5.69 Å².